The van der Waals surface area contributed by atoms with E-state index in [0.717, 1.165) is 29.2 Å². The summed E-state index contributed by atoms with van der Waals surface area (Å²) in [6, 6.07) is 15.6. The average Bonchev–Trinajstić information content (AvgIpc) is 2.63. The Morgan fingerprint density at radius 2 is 1.96 bits per heavy atom. The number of benzene rings is 2. The fourth-order valence-corrected chi connectivity index (χ4v) is 3.52. The van der Waals surface area contributed by atoms with Gasteiger partial charge >= 0.3 is 5.97 Å². The molecular weight excluding hydrogens is 370 g/mol. The Labute approximate surface area is 163 Å². The van der Waals surface area contributed by atoms with Crippen LogP contribution in [0.1, 0.15) is 30.1 Å². The van der Waals surface area contributed by atoms with Gasteiger partial charge in [-0.25, -0.2) is 0 Å². The Balaban J connectivity index is 1.65. The molecule has 0 aliphatic rings. The molecule has 0 bridgehead atoms. The average molecular weight is 394 g/mol. The highest BCUT2D eigenvalue weighted by Gasteiger charge is 2.07. The second kappa shape index (κ2) is 11.2. The first-order chi connectivity index (χ1) is 12.5. The predicted molar refractivity (Wildman–Crippen MR) is 107 cm³/mol. The molecule has 0 spiro atoms. The molecule has 2 aromatic carbocycles. The van der Waals surface area contributed by atoms with E-state index in [9.17, 15) is 9.90 Å². The summed E-state index contributed by atoms with van der Waals surface area (Å²) in [5.41, 5.74) is 2.04. The lowest BCUT2D eigenvalue weighted by Crippen LogP contribution is -2.23. The predicted octanol–water partition coefficient (Wildman–Crippen LogP) is 4.16. The Kier molecular flexibility index (Phi) is 8.98. The number of thioether (sulfide) groups is 1. The van der Waals surface area contributed by atoms with E-state index in [1.54, 1.807) is 23.9 Å². The number of aliphatic carboxylic acids is 1. The number of hydrogen-bond donors (Lipinski definition) is 3. The molecule has 3 N–H and O–H groups in total. The lowest BCUT2D eigenvalue weighted by atomic mass is 10.1. The molecule has 0 fully saturated rings. The van der Waals surface area contributed by atoms with Crippen molar-refractivity contribution in [3.8, 4) is 0 Å². The van der Waals surface area contributed by atoms with Crippen LogP contribution in [0.25, 0.3) is 0 Å². The molecule has 0 heterocycles. The molecule has 140 valence electrons. The number of aliphatic hydroxyl groups excluding tert-OH is 1. The molecule has 0 amide bonds. The third-order valence-corrected chi connectivity index (χ3v) is 5.22. The van der Waals surface area contributed by atoms with E-state index in [1.165, 1.54) is 5.56 Å². The summed E-state index contributed by atoms with van der Waals surface area (Å²) < 4.78 is 0. The fraction of sp³-hybridized carbons (Fsp3) is 0.350. The van der Waals surface area contributed by atoms with Gasteiger partial charge in [0.1, 0.15) is 0 Å². The van der Waals surface area contributed by atoms with Crippen molar-refractivity contribution < 1.29 is 15.0 Å². The molecule has 6 heteroatoms. The van der Waals surface area contributed by atoms with Crippen molar-refractivity contribution in [3.63, 3.8) is 0 Å². The lowest BCUT2D eigenvalue weighted by molar-refractivity contribution is -0.137. The molecule has 0 saturated heterocycles. The number of hydrogen-bond acceptors (Lipinski definition) is 4. The van der Waals surface area contributed by atoms with E-state index in [1.807, 2.05) is 12.1 Å². The van der Waals surface area contributed by atoms with Crippen LogP contribution >= 0.6 is 23.4 Å². The van der Waals surface area contributed by atoms with E-state index in [2.05, 4.69) is 29.6 Å². The van der Waals surface area contributed by atoms with Crippen LogP contribution in [-0.2, 0) is 11.2 Å². The summed E-state index contributed by atoms with van der Waals surface area (Å²) in [4.78, 5) is 11.6. The van der Waals surface area contributed by atoms with Crippen molar-refractivity contribution in [1.82, 2.24) is 5.32 Å². The molecule has 4 nitrogen and oxygen atoms in total. The zero-order chi connectivity index (χ0) is 18.8. The Bertz CT molecular complexity index is 694. The number of nitrogens with one attached hydrogen (secondary N) is 1. The van der Waals surface area contributed by atoms with E-state index in [4.69, 9.17) is 16.7 Å². The highest BCUT2D eigenvalue weighted by molar-refractivity contribution is 7.99. The number of rotatable bonds is 11. The van der Waals surface area contributed by atoms with Crippen LogP contribution < -0.4 is 5.32 Å². The summed E-state index contributed by atoms with van der Waals surface area (Å²) in [7, 11) is 0. The third-order valence-electron chi connectivity index (χ3n) is 3.89. The molecule has 2 aromatic rings. The van der Waals surface area contributed by atoms with Crippen LogP contribution in [0.3, 0.4) is 0 Å². The lowest BCUT2D eigenvalue weighted by Gasteiger charge is -2.12. The first-order valence-electron chi connectivity index (χ1n) is 8.62. The first-order valence-corrected chi connectivity index (χ1v) is 9.99. The third kappa shape index (κ3) is 7.79. The molecule has 0 aliphatic carbocycles. The van der Waals surface area contributed by atoms with Gasteiger partial charge in [-0.15, -0.1) is 11.8 Å². The molecule has 0 radical (unpaired) electrons. The van der Waals surface area contributed by atoms with Crippen molar-refractivity contribution >= 4 is 29.3 Å². The molecule has 0 aliphatic heterocycles. The van der Waals surface area contributed by atoms with Crippen LogP contribution in [-0.4, -0.2) is 35.0 Å². The largest absolute Gasteiger partial charge is 0.481 e. The Hall–Kier alpha value is -1.53. The van der Waals surface area contributed by atoms with Gasteiger partial charge in [0.15, 0.2) is 0 Å². The molecular formula is C20H24ClNO3S. The SMILES string of the molecule is O=C(O)CCCSc1ccc(CCNC[C@H](O)c2cccc(Cl)c2)cc1. The molecule has 0 aromatic heterocycles. The van der Waals surface area contributed by atoms with Crippen molar-refractivity contribution in [2.45, 2.75) is 30.3 Å². The van der Waals surface area contributed by atoms with Gasteiger partial charge in [-0.1, -0.05) is 35.9 Å². The van der Waals surface area contributed by atoms with Crippen LogP contribution in [0.2, 0.25) is 5.02 Å². The minimum atomic E-state index is -0.742. The number of aliphatic hydroxyl groups is 1. The Morgan fingerprint density at radius 1 is 1.19 bits per heavy atom. The van der Waals surface area contributed by atoms with E-state index >= 15 is 0 Å². The second-order valence-electron chi connectivity index (χ2n) is 6.01. The zero-order valence-corrected chi connectivity index (χ0v) is 16.1. The smallest absolute Gasteiger partial charge is 0.303 e. The van der Waals surface area contributed by atoms with E-state index in [-0.39, 0.29) is 6.42 Å². The van der Waals surface area contributed by atoms with Crippen molar-refractivity contribution in [1.29, 1.82) is 0 Å². The number of carboxylic acid groups (broad SMARTS) is 1. The van der Waals surface area contributed by atoms with Crippen LogP contribution in [0.15, 0.2) is 53.4 Å². The topological polar surface area (TPSA) is 69.6 Å². The second-order valence-corrected chi connectivity index (χ2v) is 7.62. The molecule has 26 heavy (non-hydrogen) atoms. The summed E-state index contributed by atoms with van der Waals surface area (Å²) in [6.45, 7) is 1.26. The summed E-state index contributed by atoms with van der Waals surface area (Å²) in [5.74, 6) is 0.0723. The van der Waals surface area contributed by atoms with Crippen molar-refractivity contribution in [3.05, 3.63) is 64.7 Å². The van der Waals surface area contributed by atoms with Gasteiger partial charge in [0.2, 0.25) is 0 Å². The maximum atomic E-state index is 10.5. The van der Waals surface area contributed by atoms with Gasteiger partial charge in [-0.2, -0.15) is 0 Å². The number of carboxylic acids is 1. The maximum Gasteiger partial charge on any atom is 0.303 e. The van der Waals surface area contributed by atoms with Crippen molar-refractivity contribution in [2.24, 2.45) is 0 Å². The molecule has 0 unspecified atom stereocenters. The maximum absolute atomic E-state index is 10.5. The van der Waals surface area contributed by atoms with Gasteiger partial charge < -0.3 is 15.5 Å². The number of halogens is 1. The quantitative estimate of drug-likeness (QED) is 0.395. The van der Waals surface area contributed by atoms with Gasteiger partial charge in [0, 0.05) is 22.9 Å². The fourth-order valence-electron chi connectivity index (χ4n) is 2.47. The first kappa shape index (κ1) is 20.8. The standard InChI is InChI=1S/C20H24ClNO3S/c21-17-4-1-3-16(13-17)19(23)14-22-11-10-15-6-8-18(9-7-15)26-12-2-5-20(24)25/h1,3-4,6-9,13,19,22-23H,2,5,10-12,14H2,(H,24,25)/t19-/m0/s1. The zero-order valence-electron chi connectivity index (χ0n) is 14.5. The van der Waals surface area contributed by atoms with Crippen LogP contribution in [0, 0.1) is 0 Å². The molecule has 0 saturated carbocycles. The summed E-state index contributed by atoms with van der Waals surface area (Å²) >= 11 is 7.62. The van der Waals surface area contributed by atoms with Gasteiger partial charge in [-0.05, 0) is 60.5 Å². The highest BCUT2D eigenvalue weighted by Crippen LogP contribution is 2.20. The normalized spacial score (nSPS) is 12.1. The van der Waals surface area contributed by atoms with E-state index in [0.29, 0.717) is 18.0 Å². The minimum Gasteiger partial charge on any atom is -0.481 e. The molecule has 1 atom stereocenters. The number of carbonyl (C=O) groups is 1. The van der Waals surface area contributed by atoms with Gasteiger partial charge in [-0.3, -0.25) is 4.79 Å². The summed E-state index contributed by atoms with van der Waals surface area (Å²) in [5, 5.41) is 22.7. The van der Waals surface area contributed by atoms with Gasteiger partial charge in [0.25, 0.3) is 0 Å². The minimum absolute atomic E-state index is 0.220. The van der Waals surface area contributed by atoms with Crippen LogP contribution in [0.5, 0.6) is 0 Å². The Morgan fingerprint density at radius 3 is 2.65 bits per heavy atom. The van der Waals surface area contributed by atoms with Crippen LogP contribution in [0.4, 0.5) is 0 Å². The van der Waals surface area contributed by atoms with E-state index < -0.39 is 12.1 Å². The molecule has 2 rings (SSSR count). The highest BCUT2D eigenvalue weighted by atomic mass is 35.5. The summed E-state index contributed by atoms with van der Waals surface area (Å²) in [6.07, 6.45) is 1.21. The van der Waals surface area contributed by atoms with Gasteiger partial charge in [0.05, 0.1) is 6.10 Å². The van der Waals surface area contributed by atoms with Crippen molar-refractivity contribution in [2.75, 3.05) is 18.8 Å². The monoisotopic (exact) mass is 393 g/mol.